The lowest BCUT2D eigenvalue weighted by molar-refractivity contribution is -0.147. The third-order valence-electron chi connectivity index (χ3n) is 5.89. The van der Waals surface area contributed by atoms with Crippen LogP contribution in [0.1, 0.15) is 31.2 Å². The molecule has 3 aromatic rings. The second-order valence-corrected chi connectivity index (χ2v) is 10.2. The van der Waals surface area contributed by atoms with Gasteiger partial charge in [0.1, 0.15) is 11.5 Å². The van der Waals surface area contributed by atoms with E-state index < -0.39 is 17.8 Å². The molecule has 1 aliphatic rings. The molecule has 2 aromatic carbocycles. The van der Waals surface area contributed by atoms with Crippen LogP contribution in [0.5, 0.6) is 11.5 Å². The van der Waals surface area contributed by atoms with Crippen molar-refractivity contribution in [3.05, 3.63) is 42.0 Å². The summed E-state index contributed by atoms with van der Waals surface area (Å²) in [5.41, 5.74) is 2.55. The number of hydrogen-bond acceptors (Lipinski definition) is 7. The van der Waals surface area contributed by atoms with Crippen molar-refractivity contribution in [2.24, 2.45) is 11.8 Å². The number of nitrogens with zero attached hydrogens (tertiary/aromatic N) is 1. The van der Waals surface area contributed by atoms with Gasteiger partial charge in [0.05, 0.1) is 36.3 Å². The molecule has 1 heterocycles. The van der Waals surface area contributed by atoms with Gasteiger partial charge < -0.3 is 19.9 Å². The first-order valence-electron chi connectivity index (χ1n) is 10.8. The highest BCUT2D eigenvalue weighted by molar-refractivity contribution is 8.00. The number of aliphatic carboxylic acids is 1. The molecule has 174 valence electrons. The molecule has 33 heavy (non-hydrogen) atoms. The zero-order valence-electron chi connectivity index (χ0n) is 18.5. The fraction of sp³-hybridized carbons (Fsp3) is 0.375. The number of carboxylic acid groups (broad SMARTS) is 1. The molecule has 2 atom stereocenters. The van der Waals surface area contributed by atoms with Gasteiger partial charge >= 0.3 is 5.97 Å². The number of ether oxygens (including phenoxy) is 2. The minimum atomic E-state index is -0.887. The number of nitrogens with one attached hydrogen (secondary N) is 1. The van der Waals surface area contributed by atoms with Crippen molar-refractivity contribution >= 4 is 50.9 Å². The third-order valence-corrected chi connectivity index (χ3v) is 8.10. The molecule has 1 amide bonds. The van der Waals surface area contributed by atoms with Crippen LogP contribution in [0.3, 0.4) is 0 Å². The Morgan fingerprint density at radius 3 is 2.64 bits per heavy atom. The number of carboxylic acids is 1. The molecule has 0 saturated heterocycles. The van der Waals surface area contributed by atoms with Crippen molar-refractivity contribution in [1.82, 2.24) is 4.98 Å². The van der Waals surface area contributed by atoms with E-state index in [1.165, 1.54) is 0 Å². The molecular formula is C24H26N2O5S2. The number of aromatic nitrogens is 1. The van der Waals surface area contributed by atoms with E-state index in [0.717, 1.165) is 44.5 Å². The highest BCUT2D eigenvalue weighted by Crippen LogP contribution is 2.36. The Hall–Kier alpha value is -2.78. The molecule has 0 bridgehead atoms. The molecule has 0 spiro atoms. The maximum Gasteiger partial charge on any atom is 0.307 e. The van der Waals surface area contributed by atoms with Gasteiger partial charge in [-0.2, -0.15) is 0 Å². The normalized spacial score (nSPS) is 18.1. The monoisotopic (exact) mass is 486 g/mol. The number of thiazole rings is 1. The van der Waals surface area contributed by atoms with Gasteiger partial charge in [-0.3, -0.25) is 9.59 Å². The Morgan fingerprint density at radius 2 is 1.91 bits per heavy atom. The minimum Gasteiger partial charge on any atom is -0.497 e. The topological polar surface area (TPSA) is 97.8 Å². The number of carbonyl (C=O) groups is 2. The lowest BCUT2D eigenvalue weighted by Gasteiger charge is -2.27. The second kappa shape index (κ2) is 10.4. The maximum atomic E-state index is 12.8. The van der Waals surface area contributed by atoms with Gasteiger partial charge in [0.2, 0.25) is 5.91 Å². The van der Waals surface area contributed by atoms with Crippen LogP contribution in [0.25, 0.3) is 10.2 Å². The number of benzene rings is 2. The van der Waals surface area contributed by atoms with Crippen molar-refractivity contribution in [2.75, 3.05) is 19.5 Å². The molecule has 0 radical (unpaired) electrons. The largest absolute Gasteiger partial charge is 0.497 e. The van der Waals surface area contributed by atoms with Gasteiger partial charge in [0.15, 0.2) is 4.34 Å². The molecule has 4 rings (SSSR count). The van der Waals surface area contributed by atoms with Gasteiger partial charge in [0.25, 0.3) is 0 Å². The molecule has 9 heteroatoms. The van der Waals surface area contributed by atoms with Crippen LogP contribution in [0.2, 0.25) is 0 Å². The fourth-order valence-electron chi connectivity index (χ4n) is 4.15. The lowest BCUT2D eigenvalue weighted by atomic mass is 9.78. The van der Waals surface area contributed by atoms with Crippen LogP contribution in [0.4, 0.5) is 5.69 Å². The molecule has 1 aromatic heterocycles. The van der Waals surface area contributed by atoms with Gasteiger partial charge in [-0.25, -0.2) is 4.98 Å². The molecule has 1 aliphatic carbocycles. The van der Waals surface area contributed by atoms with Gasteiger partial charge in [-0.1, -0.05) is 24.6 Å². The van der Waals surface area contributed by atoms with E-state index in [9.17, 15) is 14.7 Å². The van der Waals surface area contributed by atoms with Gasteiger partial charge in [-0.05, 0) is 49.2 Å². The molecule has 1 fully saturated rings. The standard InChI is InChI=1S/C24H26N2O5S2/c1-30-16-8-10-20(31-2)14(11-16)13-32-24-26-19-9-7-15(12-21(19)33-24)25-22(27)17-5-3-4-6-18(17)23(28)29/h7-12,17-18H,3-6,13H2,1-2H3,(H,25,27)(H,28,29)/t17-,18+/m0/s1. The highest BCUT2D eigenvalue weighted by Gasteiger charge is 2.35. The fourth-order valence-corrected chi connectivity index (χ4v) is 6.24. The number of thioether (sulfide) groups is 1. The summed E-state index contributed by atoms with van der Waals surface area (Å²) < 4.78 is 12.6. The second-order valence-electron chi connectivity index (χ2n) is 7.95. The van der Waals surface area contributed by atoms with Crippen LogP contribution < -0.4 is 14.8 Å². The number of anilines is 1. The summed E-state index contributed by atoms with van der Waals surface area (Å²) >= 11 is 3.17. The number of methoxy groups -OCH3 is 2. The summed E-state index contributed by atoms with van der Waals surface area (Å²) in [7, 11) is 3.29. The summed E-state index contributed by atoms with van der Waals surface area (Å²) in [4.78, 5) is 29.0. The molecule has 1 saturated carbocycles. The van der Waals surface area contributed by atoms with Crippen LogP contribution >= 0.6 is 23.1 Å². The molecule has 0 unspecified atom stereocenters. The van der Waals surface area contributed by atoms with Gasteiger partial charge in [0, 0.05) is 17.0 Å². The van der Waals surface area contributed by atoms with Crippen LogP contribution in [0.15, 0.2) is 40.7 Å². The SMILES string of the molecule is COc1ccc(OC)c(CSc2nc3ccc(NC(=O)[C@H]4CCCC[C@H]4C(=O)O)cc3s2)c1. The first-order valence-corrected chi connectivity index (χ1v) is 12.6. The number of carbonyl (C=O) groups excluding carboxylic acids is 1. The van der Waals surface area contributed by atoms with Crippen LogP contribution in [-0.4, -0.2) is 36.2 Å². The number of rotatable bonds is 8. The quantitative estimate of drug-likeness (QED) is 0.409. The number of amides is 1. The van der Waals surface area contributed by atoms with Crippen molar-refractivity contribution in [2.45, 2.75) is 35.8 Å². The predicted octanol–water partition coefficient (Wildman–Crippen LogP) is 5.44. The summed E-state index contributed by atoms with van der Waals surface area (Å²) in [5.74, 6) is 0.0609. The van der Waals surface area contributed by atoms with E-state index in [0.29, 0.717) is 24.3 Å². The van der Waals surface area contributed by atoms with E-state index in [4.69, 9.17) is 14.5 Å². The highest BCUT2D eigenvalue weighted by atomic mass is 32.2. The summed E-state index contributed by atoms with van der Waals surface area (Å²) in [6.45, 7) is 0. The van der Waals surface area contributed by atoms with Crippen molar-refractivity contribution in [3.63, 3.8) is 0 Å². The Morgan fingerprint density at radius 1 is 1.12 bits per heavy atom. The summed E-state index contributed by atoms with van der Waals surface area (Å²) in [5, 5.41) is 12.4. The maximum absolute atomic E-state index is 12.8. The smallest absolute Gasteiger partial charge is 0.307 e. The van der Waals surface area contributed by atoms with E-state index in [1.807, 2.05) is 36.4 Å². The Balaban J connectivity index is 1.45. The van der Waals surface area contributed by atoms with Crippen molar-refractivity contribution in [1.29, 1.82) is 0 Å². The van der Waals surface area contributed by atoms with Crippen LogP contribution in [0, 0.1) is 11.8 Å². The van der Waals surface area contributed by atoms with Crippen molar-refractivity contribution < 1.29 is 24.2 Å². The molecular weight excluding hydrogens is 460 g/mol. The average molecular weight is 487 g/mol. The molecule has 7 nitrogen and oxygen atoms in total. The first kappa shape index (κ1) is 23.4. The Labute approximate surface area is 200 Å². The average Bonchev–Trinajstić information content (AvgIpc) is 3.24. The third kappa shape index (κ3) is 5.42. The summed E-state index contributed by atoms with van der Waals surface area (Å²) in [6, 6.07) is 11.3. The van der Waals surface area contributed by atoms with E-state index in [-0.39, 0.29) is 5.91 Å². The zero-order chi connectivity index (χ0) is 23.4. The molecule has 0 aliphatic heterocycles. The predicted molar refractivity (Wildman–Crippen MR) is 130 cm³/mol. The minimum absolute atomic E-state index is 0.217. The molecule has 2 N–H and O–H groups in total. The van der Waals surface area contributed by atoms with E-state index in [1.54, 1.807) is 37.3 Å². The van der Waals surface area contributed by atoms with Crippen molar-refractivity contribution in [3.8, 4) is 11.5 Å². The van der Waals surface area contributed by atoms with Gasteiger partial charge in [-0.15, -0.1) is 11.3 Å². The Bertz CT molecular complexity index is 1160. The lowest BCUT2D eigenvalue weighted by Crippen LogP contribution is -2.36. The van der Waals surface area contributed by atoms with E-state index in [2.05, 4.69) is 5.32 Å². The number of hydrogen-bond donors (Lipinski definition) is 2. The summed E-state index contributed by atoms with van der Waals surface area (Å²) in [6.07, 6.45) is 2.91. The zero-order valence-corrected chi connectivity index (χ0v) is 20.1. The number of fused-ring (bicyclic) bond motifs is 1. The Kier molecular flexibility index (Phi) is 7.39. The first-order chi connectivity index (χ1) is 16.0. The van der Waals surface area contributed by atoms with Crippen LogP contribution in [-0.2, 0) is 15.3 Å². The van der Waals surface area contributed by atoms with E-state index >= 15 is 0 Å².